The van der Waals surface area contributed by atoms with Crippen LogP contribution in [0.25, 0.3) is 10.8 Å². The molecule has 6 nitrogen and oxygen atoms in total. The SMILES string of the molecule is CN(C)[C@@H](CNc1ccc([N+](=O)[O-])c2cnccc12)c1ccccc1. The number of anilines is 1. The molecule has 0 aliphatic rings. The van der Waals surface area contributed by atoms with Crippen LogP contribution in [0.2, 0.25) is 0 Å². The zero-order valence-electron chi connectivity index (χ0n) is 14.2. The van der Waals surface area contributed by atoms with Crippen LogP contribution >= 0.6 is 0 Å². The van der Waals surface area contributed by atoms with Crippen molar-refractivity contribution in [3.63, 3.8) is 0 Å². The third kappa shape index (κ3) is 3.59. The van der Waals surface area contributed by atoms with Crippen LogP contribution in [0.15, 0.2) is 60.9 Å². The zero-order chi connectivity index (χ0) is 17.8. The largest absolute Gasteiger partial charge is 0.383 e. The van der Waals surface area contributed by atoms with E-state index in [0.29, 0.717) is 11.9 Å². The van der Waals surface area contributed by atoms with Crippen molar-refractivity contribution in [2.75, 3.05) is 26.0 Å². The quantitative estimate of drug-likeness (QED) is 0.547. The van der Waals surface area contributed by atoms with Crippen molar-refractivity contribution in [2.24, 2.45) is 0 Å². The second-order valence-corrected chi connectivity index (χ2v) is 6.08. The lowest BCUT2D eigenvalue weighted by Crippen LogP contribution is -2.26. The molecule has 0 fully saturated rings. The van der Waals surface area contributed by atoms with E-state index < -0.39 is 0 Å². The number of likely N-dealkylation sites (N-methyl/N-ethyl adjacent to an activating group) is 1. The van der Waals surface area contributed by atoms with E-state index in [0.717, 1.165) is 11.1 Å². The van der Waals surface area contributed by atoms with Crippen molar-refractivity contribution in [3.05, 3.63) is 76.6 Å². The molecular formula is C19H20N4O2. The zero-order valence-corrected chi connectivity index (χ0v) is 14.2. The average molecular weight is 336 g/mol. The number of fused-ring (bicyclic) bond motifs is 1. The first-order chi connectivity index (χ1) is 12.1. The number of nitrogens with zero attached hydrogens (tertiary/aromatic N) is 3. The minimum Gasteiger partial charge on any atom is -0.383 e. The van der Waals surface area contributed by atoms with E-state index in [1.807, 2.05) is 32.3 Å². The maximum atomic E-state index is 11.2. The van der Waals surface area contributed by atoms with Crippen LogP contribution in [-0.2, 0) is 0 Å². The highest BCUT2D eigenvalue weighted by atomic mass is 16.6. The number of hydrogen-bond acceptors (Lipinski definition) is 5. The molecule has 3 rings (SSSR count). The van der Waals surface area contributed by atoms with Crippen LogP contribution in [0.5, 0.6) is 0 Å². The summed E-state index contributed by atoms with van der Waals surface area (Å²) in [6, 6.07) is 15.5. The predicted molar refractivity (Wildman–Crippen MR) is 99.8 cm³/mol. The highest BCUT2D eigenvalue weighted by molar-refractivity contribution is 5.99. The molecule has 0 aliphatic heterocycles. The van der Waals surface area contributed by atoms with Crippen LogP contribution in [0.1, 0.15) is 11.6 Å². The van der Waals surface area contributed by atoms with Gasteiger partial charge in [0.2, 0.25) is 0 Å². The van der Waals surface area contributed by atoms with Crippen LogP contribution < -0.4 is 5.32 Å². The number of aromatic nitrogens is 1. The van der Waals surface area contributed by atoms with Gasteiger partial charge in [0, 0.05) is 36.1 Å². The number of rotatable bonds is 6. The summed E-state index contributed by atoms with van der Waals surface area (Å²) in [5, 5.41) is 16.0. The molecule has 1 N–H and O–H groups in total. The Bertz CT molecular complexity index is 881. The first-order valence-electron chi connectivity index (χ1n) is 8.04. The summed E-state index contributed by atoms with van der Waals surface area (Å²) in [5.41, 5.74) is 2.15. The van der Waals surface area contributed by atoms with Crippen molar-refractivity contribution in [1.29, 1.82) is 0 Å². The Morgan fingerprint density at radius 3 is 2.56 bits per heavy atom. The number of non-ortho nitro benzene ring substituents is 1. The summed E-state index contributed by atoms with van der Waals surface area (Å²) in [7, 11) is 4.08. The minimum absolute atomic E-state index is 0.0702. The number of nitrogens with one attached hydrogen (secondary N) is 1. The summed E-state index contributed by atoms with van der Waals surface area (Å²) < 4.78 is 0. The summed E-state index contributed by atoms with van der Waals surface area (Å²) in [5.74, 6) is 0. The molecule has 1 heterocycles. The van der Waals surface area contributed by atoms with Crippen molar-refractivity contribution < 1.29 is 4.92 Å². The molecule has 0 aliphatic carbocycles. The van der Waals surface area contributed by atoms with Crippen molar-refractivity contribution in [1.82, 2.24) is 9.88 Å². The monoisotopic (exact) mass is 336 g/mol. The molecule has 1 aromatic heterocycles. The third-order valence-corrected chi connectivity index (χ3v) is 4.29. The summed E-state index contributed by atoms with van der Waals surface area (Å²) in [6.07, 6.45) is 3.19. The summed E-state index contributed by atoms with van der Waals surface area (Å²) >= 11 is 0. The molecular weight excluding hydrogens is 316 g/mol. The fourth-order valence-electron chi connectivity index (χ4n) is 2.97. The summed E-state index contributed by atoms with van der Waals surface area (Å²) in [4.78, 5) is 17.0. The topological polar surface area (TPSA) is 71.3 Å². The van der Waals surface area contributed by atoms with Crippen molar-refractivity contribution in [3.8, 4) is 0 Å². The van der Waals surface area contributed by atoms with Crippen LogP contribution in [-0.4, -0.2) is 35.4 Å². The number of benzene rings is 2. The Labute approximate surface area is 146 Å². The molecule has 2 aromatic carbocycles. The van der Waals surface area contributed by atoms with Crippen molar-refractivity contribution >= 4 is 22.1 Å². The van der Waals surface area contributed by atoms with E-state index in [1.54, 1.807) is 24.5 Å². The van der Waals surface area contributed by atoms with Gasteiger partial charge in [-0.1, -0.05) is 30.3 Å². The van der Waals surface area contributed by atoms with Crippen molar-refractivity contribution in [2.45, 2.75) is 6.04 Å². The fraction of sp³-hybridized carbons (Fsp3) is 0.211. The fourth-order valence-corrected chi connectivity index (χ4v) is 2.97. The number of nitro groups is 1. The standard InChI is InChI=1S/C19H20N4O2/c1-22(2)19(14-6-4-3-5-7-14)13-21-17-8-9-18(23(24)25)16-12-20-11-10-15(16)17/h3-12,19,21H,13H2,1-2H3/t19-/m0/s1. The Kier molecular flexibility index (Phi) is 4.90. The second kappa shape index (κ2) is 7.27. The Balaban J connectivity index is 1.90. The van der Waals surface area contributed by atoms with Gasteiger partial charge in [0.25, 0.3) is 5.69 Å². The van der Waals surface area contributed by atoms with E-state index in [-0.39, 0.29) is 16.7 Å². The Hall–Kier alpha value is -2.99. The molecule has 6 heteroatoms. The maximum Gasteiger partial charge on any atom is 0.278 e. The first-order valence-corrected chi connectivity index (χ1v) is 8.04. The molecule has 0 unspecified atom stereocenters. The van der Waals surface area contributed by atoms with E-state index in [1.165, 1.54) is 11.6 Å². The molecule has 0 saturated carbocycles. The number of pyridine rings is 1. The van der Waals surface area contributed by atoms with Gasteiger partial charge >= 0.3 is 0 Å². The molecule has 25 heavy (non-hydrogen) atoms. The molecule has 0 saturated heterocycles. The van der Waals surface area contributed by atoms with Gasteiger partial charge in [0.1, 0.15) is 0 Å². The van der Waals surface area contributed by atoms with Crippen LogP contribution in [0, 0.1) is 10.1 Å². The van der Waals surface area contributed by atoms with Gasteiger partial charge in [-0.25, -0.2) is 0 Å². The molecule has 3 aromatic rings. The second-order valence-electron chi connectivity index (χ2n) is 6.08. The maximum absolute atomic E-state index is 11.2. The first kappa shape index (κ1) is 16.9. The number of hydrogen-bond donors (Lipinski definition) is 1. The van der Waals surface area contributed by atoms with Crippen LogP contribution in [0.3, 0.4) is 0 Å². The molecule has 0 bridgehead atoms. The predicted octanol–water partition coefficient (Wildman–Crippen LogP) is 3.86. The van der Waals surface area contributed by atoms with E-state index >= 15 is 0 Å². The summed E-state index contributed by atoms with van der Waals surface area (Å²) in [6.45, 7) is 0.687. The van der Waals surface area contributed by atoms with Gasteiger partial charge in [0.05, 0.1) is 16.4 Å². The van der Waals surface area contributed by atoms with Gasteiger partial charge in [-0.3, -0.25) is 15.1 Å². The van der Waals surface area contributed by atoms with Crippen LogP contribution in [0.4, 0.5) is 11.4 Å². The lowest BCUT2D eigenvalue weighted by Gasteiger charge is -2.26. The Morgan fingerprint density at radius 2 is 1.88 bits per heavy atom. The smallest absolute Gasteiger partial charge is 0.278 e. The molecule has 0 radical (unpaired) electrons. The van der Waals surface area contributed by atoms with Gasteiger partial charge in [-0.15, -0.1) is 0 Å². The molecule has 0 amide bonds. The number of nitro benzene ring substituents is 1. The molecule has 128 valence electrons. The third-order valence-electron chi connectivity index (χ3n) is 4.29. The lowest BCUT2D eigenvalue weighted by atomic mass is 10.1. The van der Waals surface area contributed by atoms with Gasteiger partial charge in [0.15, 0.2) is 0 Å². The molecule has 0 spiro atoms. The van der Waals surface area contributed by atoms with E-state index in [4.69, 9.17) is 0 Å². The average Bonchev–Trinajstić information content (AvgIpc) is 2.62. The Morgan fingerprint density at radius 1 is 1.12 bits per heavy atom. The minimum atomic E-state index is -0.375. The van der Waals surface area contributed by atoms with Gasteiger partial charge < -0.3 is 10.2 Å². The highest BCUT2D eigenvalue weighted by Crippen LogP contribution is 2.31. The normalized spacial score (nSPS) is 12.3. The highest BCUT2D eigenvalue weighted by Gasteiger charge is 2.17. The van der Waals surface area contributed by atoms with Gasteiger partial charge in [-0.05, 0) is 31.8 Å². The van der Waals surface area contributed by atoms with E-state index in [9.17, 15) is 10.1 Å². The lowest BCUT2D eigenvalue weighted by molar-refractivity contribution is -0.383. The van der Waals surface area contributed by atoms with E-state index in [2.05, 4.69) is 27.3 Å². The van der Waals surface area contributed by atoms with Gasteiger partial charge in [-0.2, -0.15) is 0 Å². The molecule has 1 atom stereocenters.